The number of aliphatic imine (C=N–C) groups is 2. The van der Waals surface area contributed by atoms with Crippen LogP contribution in [0.1, 0.15) is 67.8 Å². The number of para-hydroxylation sites is 3. The van der Waals surface area contributed by atoms with Crippen molar-refractivity contribution in [3.63, 3.8) is 0 Å². The van der Waals surface area contributed by atoms with Crippen LogP contribution in [0.5, 0.6) is 0 Å². The molecular weight excluding hydrogens is 853 g/mol. The number of fused-ring (bicyclic) bond motifs is 14. The number of hydrogen-bond acceptors (Lipinski definition) is 4. The molecule has 14 rings (SSSR count). The van der Waals surface area contributed by atoms with Crippen LogP contribution in [0.4, 0.5) is 17.1 Å². The molecule has 332 valence electrons. The minimum atomic E-state index is -0.653. The first kappa shape index (κ1) is 40.3. The van der Waals surface area contributed by atoms with Crippen LogP contribution in [0, 0.1) is 0 Å². The predicted molar refractivity (Wildman–Crippen MR) is 287 cm³/mol. The molecular formula is C65H46N4O. The SMILES string of the molecule is NC(=Nc1c(Cc2ccc3ccccc3c2)oc2ccccc12)c1ccc2c(c1)-c1c(C(=NCc3ccccc3)c3ccccc3)cccc1C21c2ccccc2N2c3c(cccc31)C1=CC=CCC12. The second kappa shape index (κ2) is 15.9. The van der Waals surface area contributed by atoms with E-state index in [1.54, 1.807) is 0 Å². The lowest BCUT2D eigenvalue weighted by Crippen LogP contribution is -2.39. The first-order valence-corrected chi connectivity index (χ1v) is 24.3. The highest BCUT2D eigenvalue weighted by Crippen LogP contribution is 2.66. The molecule has 1 spiro atoms. The zero-order valence-corrected chi connectivity index (χ0v) is 38.4. The van der Waals surface area contributed by atoms with Crippen molar-refractivity contribution in [2.24, 2.45) is 15.7 Å². The average Bonchev–Trinajstić information content (AvgIpc) is 4.05. The van der Waals surface area contributed by atoms with Crippen LogP contribution in [0.15, 0.2) is 239 Å². The van der Waals surface area contributed by atoms with Gasteiger partial charge in [-0.25, -0.2) is 4.99 Å². The first-order chi connectivity index (χ1) is 34.6. The molecule has 10 aromatic rings. The maximum atomic E-state index is 7.33. The number of rotatable bonds is 8. The van der Waals surface area contributed by atoms with Gasteiger partial charge in [0.2, 0.25) is 0 Å². The molecule has 4 aliphatic rings. The van der Waals surface area contributed by atoms with Crippen molar-refractivity contribution in [1.29, 1.82) is 0 Å². The molecule has 2 N–H and O–H groups in total. The van der Waals surface area contributed by atoms with E-state index in [9.17, 15) is 0 Å². The van der Waals surface area contributed by atoms with Crippen LogP contribution in [0.3, 0.4) is 0 Å². The van der Waals surface area contributed by atoms with Crippen molar-refractivity contribution in [2.45, 2.75) is 30.8 Å². The molecule has 0 bridgehead atoms. The van der Waals surface area contributed by atoms with Gasteiger partial charge in [0, 0.05) is 39.7 Å². The number of anilines is 2. The summed E-state index contributed by atoms with van der Waals surface area (Å²) in [6, 6.07) is 74.4. The van der Waals surface area contributed by atoms with Crippen LogP contribution >= 0.6 is 0 Å². The molecule has 5 heteroatoms. The fourth-order valence-electron chi connectivity index (χ4n) is 12.1. The average molecular weight is 899 g/mol. The smallest absolute Gasteiger partial charge is 0.136 e. The minimum absolute atomic E-state index is 0.227. The van der Waals surface area contributed by atoms with Crippen molar-refractivity contribution in [3.05, 3.63) is 286 Å². The lowest BCUT2D eigenvalue weighted by atomic mass is 9.64. The summed E-state index contributed by atoms with van der Waals surface area (Å²) in [5.74, 6) is 1.20. The van der Waals surface area contributed by atoms with Crippen LogP contribution < -0.4 is 10.6 Å². The summed E-state index contributed by atoms with van der Waals surface area (Å²) >= 11 is 0. The maximum Gasteiger partial charge on any atom is 0.136 e. The predicted octanol–water partition coefficient (Wildman–Crippen LogP) is 14.8. The van der Waals surface area contributed by atoms with Gasteiger partial charge in [-0.05, 0) is 91.5 Å². The van der Waals surface area contributed by atoms with Gasteiger partial charge in [-0.3, -0.25) is 4.99 Å². The van der Waals surface area contributed by atoms with E-state index >= 15 is 0 Å². The molecule has 0 saturated heterocycles. The number of benzene rings is 9. The van der Waals surface area contributed by atoms with Crippen LogP contribution in [-0.2, 0) is 18.4 Å². The fourth-order valence-corrected chi connectivity index (χ4v) is 12.1. The zero-order valence-electron chi connectivity index (χ0n) is 38.4. The molecule has 2 atom stereocenters. The summed E-state index contributed by atoms with van der Waals surface area (Å²) in [4.78, 5) is 13.5. The third kappa shape index (κ3) is 6.04. The van der Waals surface area contributed by atoms with Crippen LogP contribution in [0.2, 0.25) is 0 Å². The lowest BCUT2D eigenvalue weighted by molar-refractivity contribution is 0.564. The standard InChI is InChI=1S/C65H46N4O/c66-64(68-62-49-24-10-14-32-58(49)70-59(62)38-42-33-34-43-19-7-8-22-45(43)37-42)46-35-36-52-51(39-46)60-50(61(44-20-5-2-6-21-44)67-40-41-17-3-1-4-18-41)26-16-28-54(60)65(52)53-27-11-13-31-57(53)69-56-30-12-9-23-47(56)48-25-15-29-55(65)63(48)69/h1-29,31-37,39,56H,30,38,40H2,(H2,66,68). The van der Waals surface area contributed by atoms with Gasteiger partial charge in [0.1, 0.15) is 22.9 Å². The van der Waals surface area contributed by atoms with Crippen LogP contribution in [-0.4, -0.2) is 17.6 Å². The van der Waals surface area contributed by atoms with Crippen molar-refractivity contribution in [3.8, 4) is 11.1 Å². The van der Waals surface area contributed by atoms with E-state index in [1.165, 1.54) is 55.5 Å². The zero-order chi connectivity index (χ0) is 46.3. The summed E-state index contributed by atoms with van der Waals surface area (Å²) in [7, 11) is 0. The Hall–Kier alpha value is -8.80. The topological polar surface area (TPSA) is 67.1 Å². The van der Waals surface area contributed by atoms with Gasteiger partial charge in [0.25, 0.3) is 0 Å². The second-order valence-electron chi connectivity index (χ2n) is 18.9. The van der Waals surface area contributed by atoms with Crippen molar-refractivity contribution < 1.29 is 4.42 Å². The van der Waals surface area contributed by atoms with Crippen molar-refractivity contribution >= 4 is 55.9 Å². The summed E-state index contributed by atoms with van der Waals surface area (Å²) in [5, 5.41) is 3.33. The lowest BCUT2D eigenvalue weighted by Gasteiger charge is -2.45. The molecule has 5 nitrogen and oxygen atoms in total. The highest BCUT2D eigenvalue weighted by atomic mass is 16.3. The Kier molecular flexibility index (Phi) is 9.15. The van der Waals surface area contributed by atoms with E-state index < -0.39 is 5.41 Å². The molecule has 3 heterocycles. The number of hydrogen-bond donors (Lipinski definition) is 1. The maximum absolute atomic E-state index is 7.33. The Morgan fingerprint density at radius 2 is 1.37 bits per heavy atom. The highest BCUT2D eigenvalue weighted by molar-refractivity contribution is 6.18. The number of nitrogens with zero attached hydrogens (tertiary/aromatic N) is 3. The molecule has 0 saturated carbocycles. The van der Waals surface area contributed by atoms with Gasteiger partial charge in [-0.2, -0.15) is 0 Å². The molecule has 2 aliphatic heterocycles. The largest absolute Gasteiger partial charge is 0.458 e. The van der Waals surface area contributed by atoms with Gasteiger partial charge in [-0.1, -0.05) is 200 Å². The van der Waals surface area contributed by atoms with Gasteiger partial charge in [-0.15, -0.1) is 0 Å². The number of allylic oxidation sites excluding steroid dienone is 2. The minimum Gasteiger partial charge on any atom is -0.458 e. The molecule has 0 radical (unpaired) electrons. The molecule has 0 amide bonds. The number of amidine groups is 1. The monoisotopic (exact) mass is 898 g/mol. The molecule has 0 fully saturated rings. The molecule has 2 aliphatic carbocycles. The third-order valence-corrected chi connectivity index (χ3v) is 15.1. The summed E-state index contributed by atoms with van der Waals surface area (Å²) in [5.41, 5.74) is 27.0. The van der Waals surface area contributed by atoms with E-state index in [2.05, 4.69) is 211 Å². The molecule has 70 heavy (non-hydrogen) atoms. The Labute approximate surface area is 406 Å². The molecule has 1 aromatic heterocycles. The molecule has 9 aromatic carbocycles. The fraction of sp³-hybridized carbons (Fsp3) is 0.0769. The van der Waals surface area contributed by atoms with E-state index in [1.807, 2.05) is 18.2 Å². The molecule has 2 unspecified atom stereocenters. The van der Waals surface area contributed by atoms with Gasteiger partial charge in [0.05, 0.1) is 29.4 Å². The number of nitrogens with two attached hydrogens (primary N) is 1. The Morgan fingerprint density at radius 1 is 0.614 bits per heavy atom. The van der Waals surface area contributed by atoms with Crippen LogP contribution in [0.25, 0.3) is 38.4 Å². The Morgan fingerprint density at radius 3 is 2.27 bits per heavy atom. The quantitative estimate of drug-likeness (QED) is 0.122. The summed E-state index contributed by atoms with van der Waals surface area (Å²) < 4.78 is 6.62. The van der Waals surface area contributed by atoms with E-state index in [-0.39, 0.29) is 6.04 Å². The number of furan rings is 1. The Balaban J connectivity index is 1.00. The normalized spacial score (nSPS) is 17.3. The van der Waals surface area contributed by atoms with E-state index in [0.29, 0.717) is 18.8 Å². The summed E-state index contributed by atoms with van der Waals surface area (Å²) in [6.07, 6.45) is 8.39. The van der Waals surface area contributed by atoms with Gasteiger partial charge in [0.15, 0.2) is 0 Å². The Bertz CT molecular complexity index is 3890. The highest BCUT2D eigenvalue weighted by Gasteiger charge is 2.55. The van der Waals surface area contributed by atoms with E-state index in [0.717, 1.165) is 73.5 Å². The van der Waals surface area contributed by atoms with E-state index in [4.69, 9.17) is 20.1 Å². The third-order valence-electron chi connectivity index (χ3n) is 15.1. The van der Waals surface area contributed by atoms with Gasteiger partial charge < -0.3 is 15.1 Å². The first-order valence-electron chi connectivity index (χ1n) is 24.3. The summed E-state index contributed by atoms with van der Waals surface area (Å²) in [6.45, 7) is 0.543. The van der Waals surface area contributed by atoms with Gasteiger partial charge >= 0.3 is 0 Å². The van der Waals surface area contributed by atoms with Crippen molar-refractivity contribution in [2.75, 3.05) is 4.90 Å². The second-order valence-corrected chi connectivity index (χ2v) is 18.9. The van der Waals surface area contributed by atoms with Crippen molar-refractivity contribution in [1.82, 2.24) is 0 Å².